The van der Waals surface area contributed by atoms with E-state index in [4.69, 9.17) is 22.3 Å². The van der Waals surface area contributed by atoms with Crippen molar-refractivity contribution in [2.45, 2.75) is 5.03 Å². The molecule has 6 nitrogen and oxygen atoms in total. The SMILES string of the molecule is CSc1nc(-c2cc(Cl)c3ncccc3c2)c(-c2ccn(C)n2)nc1N. The Labute approximate surface area is 159 Å². The van der Waals surface area contributed by atoms with Crippen LogP contribution in [-0.4, -0.2) is 31.0 Å². The molecule has 0 aliphatic rings. The van der Waals surface area contributed by atoms with Crippen LogP contribution < -0.4 is 5.73 Å². The fourth-order valence-corrected chi connectivity index (χ4v) is 3.50. The number of hydrogen-bond donors (Lipinski definition) is 1. The number of pyridine rings is 1. The first-order valence-electron chi connectivity index (χ1n) is 7.83. The van der Waals surface area contributed by atoms with Crippen LogP contribution in [0.15, 0.2) is 47.8 Å². The van der Waals surface area contributed by atoms with E-state index in [1.807, 2.05) is 49.8 Å². The molecular weight excluding hydrogens is 368 g/mol. The molecule has 4 rings (SSSR count). The summed E-state index contributed by atoms with van der Waals surface area (Å²) in [7, 11) is 1.86. The normalized spacial score (nSPS) is 11.2. The number of benzene rings is 1. The zero-order valence-electron chi connectivity index (χ0n) is 14.1. The summed E-state index contributed by atoms with van der Waals surface area (Å²) >= 11 is 7.91. The van der Waals surface area contributed by atoms with Crippen LogP contribution in [0, 0.1) is 0 Å². The topological polar surface area (TPSA) is 82.5 Å². The molecular formula is C18H15ClN6S. The second-order valence-electron chi connectivity index (χ2n) is 5.72. The van der Waals surface area contributed by atoms with Gasteiger partial charge in [-0.1, -0.05) is 17.7 Å². The van der Waals surface area contributed by atoms with E-state index in [0.29, 0.717) is 32.9 Å². The lowest BCUT2D eigenvalue weighted by molar-refractivity contribution is 0.769. The van der Waals surface area contributed by atoms with Crippen molar-refractivity contribution < 1.29 is 0 Å². The molecule has 0 radical (unpaired) electrons. The smallest absolute Gasteiger partial charge is 0.156 e. The van der Waals surface area contributed by atoms with Crippen molar-refractivity contribution in [2.24, 2.45) is 7.05 Å². The van der Waals surface area contributed by atoms with Crippen LogP contribution in [0.25, 0.3) is 33.5 Å². The maximum absolute atomic E-state index is 6.46. The van der Waals surface area contributed by atoms with Gasteiger partial charge in [-0.15, -0.1) is 11.8 Å². The molecule has 0 fully saturated rings. The quantitative estimate of drug-likeness (QED) is 0.538. The molecule has 0 saturated heterocycles. The van der Waals surface area contributed by atoms with Crippen LogP contribution in [0.4, 0.5) is 5.82 Å². The number of aryl methyl sites for hydroxylation is 1. The summed E-state index contributed by atoms with van der Waals surface area (Å²) < 4.78 is 1.72. The average Bonchev–Trinajstić information content (AvgIpc) is 3.07. The highest BCUT2D eigenvalue weighted by Gasteiger charge is 2.18. The molecule has 3 aromatic heterocycles. The number of nitrogen functional groups attached to an aromatic ring is 1. The van der Waals surface area contributed by atoms with Gasteiger partial charge in [0.25, 0.3) is 0 Å². The van der Waals surface area contributed by atoms with E-state index in [9.17, 15) is 0 Å². The second-order valence-corrected chi connectivity index (χ2v) is 6.93. The highest BCUT2D eigenvalue weighted by atomic mass is 35.5. The largest absolute Gasteiger partial charge is 0.381 e. The van der Waals surface area contributed by atoms with E-state index < -0.39 is 0 Å². The van der Waals surface area contributed by atoms with Crippen molar-refractivity contribution >= 4 is 40.1 Å². The zero-order chi connectivity index (χ0) is 18.3. The van der Waals surface area contributed by atoms with E-state index in [2.05, 4.69) is 15.1 Å². The third kappa shape index (κ3) is 2.89. The van der Waals surface area contributed by atoms with Crippen molar-refractivity contribution in [1.82, 2.24) is 24.7 Å². The number of anilines is 1. The molecule has 0 aliphatic carbocycles. The van der Waals surface area contributed by atoms with Crippen LogP contribution in [-0.2, 0) is 7.05 Å². The lowest BCUT2D eigenvalue weighted by Gasteiger charge is -2.11. The van der Waals surface area contributed by atoms with Crippen molar-refractivity contribution in [3.05, 3.63) is 47.7 Å². The zero-order valence-corrected chi connectivity index (χ0v) is 15.7. The summed E-state index contributed by atoms with van der Waals surface area (Å²) in [5.41, 5.74) is 9.70. The predicted octanol–water partition coefficient (Wildman–Crippen LogP) is 4.05. The molecule has 0 spiro atoms. The number of rotatable bonds is 3. The average molecular weight is 383 g/mol. The van der Waals surface area contributed by atoms with Crippen LogP contribution in [0.5, 0.6) is 0 Å². The minimum absolute atomic E-state index is 0.385. The molecule has 130 valence electrons. The van der Waals surface area contributed by atoms with E-state index in [1.54, 1.807) is 10.9 Å². The Kier molecular flexibility index (Phi) is 4.26. The summed E-state index contributed by atoms with van der Waals surface area (Å²) in [5.74, 6) is 0.385. The summed E-state index contributed by atoms with van der Waals surface area (Å²) in [4.78, 5) is 13.7. The molecule has 8 heteroatoms. The minimum atomic E-state index is 0.385. The Morgan fingerprint density at radius 2 is 2.00 bits per heavy atom. The third-order valence-corrected chi connectivity index (χ3v) is 4.95. The van der Waals surface area contributed by atoms with Gasteiger partial charge in [0.2, 0.25) is 0 Å². The number of halogens is 1. The van der Waals surface area contributed by atoms with Gasteiger partial charge in [-0.05, 0) is 30.5 Å². The standard InChI is InChI=1S/C18H15ClN6S/c1-25-7-5-13(24-25)16-15(23-18(26-2)17(20)22-16)11-8-10-4-3-6-21-14(10)12(19)9-11/h3-9H,1-2H3,(H2,20,22). The van der Waals surface area contributed by atoms with Crippen LogP contribution in [0.2, 0.25) is 5.02 Å². The molecule has 0 bridgehead atoms. The number of nitrogens with two attached hydrogens (primary N) is 1. The number of aromatic nitrogens is 5. The Bertz CT molecular complexity index is 1120. The van der Waals surface area contributed by atoms with E-state index in [1.165, 1.54) is 11.8 Å². The highest BCUT2D eigenvalue weighted by molar-refractivity contribution is 7.98. The van der Waals surface area contributed by atoms with E-state index in [0.717, 1.165) is 16.5 Å². The van der Waals surface area contributed by atoms with Crippen LogP contribution in [0.3, 0.4) is 0 Å². The first-order chi connectivity index (χ1) is 12.6. The summed E-state index contributed by atoms with van der Waals surface area (Å²) in [6.07, 6.45) is 5.50. The first-order valence-corrected chi connectivity index (χ1v) is 9.43. The van der Waals surface area contributed by atoms with Gasteiger partial charge in [0, 0.05) is 30.4 Å². The molecule has 0 atom stereocenters. The van der Waals surface area contributed by atoms with E-state index in [-0.39, 0.29) is 0 Å². The van der Waals surface area contributed by atoms with Crippen LogP contribution >= 0.6 is 23.4 Å². The van der Waals surface area contributed by atoms with Gasteiger partial charge in [-0.2, -0.15) is 5.10 Å². The Hall–Kier alpha value is -2.64. The Morgan fingerprint density at radius 3 is 2.73 bits per heavy atom. The van der Waals surface area contributed by atoms with Gasteiger partial charge in [-0.25, -0.2) is 9.97 Å². The number of fused-ring (bicyclic) bond motifs is 1. The predicted molar refractivity (Wildman–Crippen MR) is 106 cm³/mol. The summed E-state index contributed by atoms with van der Waals surface area (Å²) in [5, 5.41) is 6.62. The van der Waals surface area contributed by atoms with Crippen molar-refractivity contribution in [1.29, 1.82) is 0 Å². The Morgan fingerprint density at radius 1 is 1.15 bits per heavy atom. The Balaban J connectivity index is 2.01. The fraction of sp³-hybridized carbons (Fsp3) is 0.111. The molecule has 0 amide bonds. The molecule has 2 N–H and O–H groups in total. The monoisotopic (exact) mass is 382 g/mol. The van der Waals surface area contributed by atoms with Gasteiger partial charge in [0.15, 0.2) is 5.82 Å². The number of hydrogen-bond acceptors (Lipinski definition) is 6. The molecule has 0 unspecified atom stereocenters. The second kappa shape index (κ2) is 6.59. The number of thioether (sulfide) groups is 1. The molecule has 4 aromatic rings. The molecule has 26 heavy (non-hydrogen) atoms. The van der Waals surface area contributed by atoms with Crippen LogP contribution in [0.1, 0.15) is 0 Å². The van der Waals surface area contributed by atoms with Gasteiger partial charge < -0.3 is 5.73 Å². The van der Waals surface area contributed by atoms with Gasteiger partial charge in [-0.3, -0.25) is 9.67 Å². The van der Waals surface area contributed by atoms with Crippen molar-refractivity contribution in [2.75, 3.05) is 12.0 Å². The molecule has 3 heterocycles. The lowest BCUT2D eigenvalue weighted by Crippen LogP contribution is -2.02. The minimum Gasteiger partial charge on any atom is -0.381 e. The maximum Gasteiger partial charge on any atom is 0.156 e. The van der Waals surface area contributed by atoms with E-state index >= 15 is 0 Å². The molecule has 0 saturated carbocycles. The van der Waals surface area contributed by atoms with Gasteiger partial charge in [0.1, 0.15) is 16.4 Å². The lowest BCUT2D eigenvalue weighted by atomic mass is 10.0. The summed E-state index contributed by atoms with van der Waals surface area (Å²) in [6, 6.07) is 9.59. The summed E-state index contributed by atoms with van der Waals surface area (Å²) in [6.45, 7) is 0. The fourth-order valence-electron chi connectivity index (χ4n) is 2.79. The van der Waals surface area contributed by atoms with Crippen molar-refractivity contribution in [3.8, 4) is 22.6 Å². The molecule has 0 aliphatic heterocycles. The van der Waals surface area contributed by atoms with Gasteiger partial charge >= 0.3 is 0 Å². The maximum atomic E-state index is 6.46. The third-order valence-electron chi connectivity index (χ3n) is 3.97. The highest BCUT2D eigenvalue weighted by Crippen LogP contribution is 2.35. The molecule has 1 aromatic carbocycles. The number of nitrogens with zero attached hydrogens (tertiary/aromatic N) is 5. The van der Waals surface area contributed by atoms with Gasteiger partial charge in [0.05, 0.1) is 16.2 Å². The first kappa shape index (κ1) is 16.8. The van der Waals surface area contributed by atoms with Crippen molar-refractivity contribution in [3.63, 3.8) is 0 Å².